The van der Waals surface area contributed by atoms with E-state index in [2.05, 4.69) is 13.8 Å². The maximum atomic E-state index is 13.4. The number of likely N-dealkylation sites (tertiary alicyclic amines) is 1. The largest absolute Gasteiger partial charge is 0.347 e. The number of hydrogen-bond acceptors (Lipinski definition) is 4. The van der Waals surface area contributed by atoms with E-state index in [1.165, 1.54) is 10.4 Å². The number of aromatic nitrogens is 1. The highest BCUT2D eigenvalue weighted by Crippen LogP contribution is 2.25. The molecule has 2 atom stereocenters. The second kappa shape index (κ2) is 8.98. The molecule has 174 valence electrons. The lowest BCUT2D eigenvalue weighted by Gasteiger charge is -2.35. The predicted octanol–water partition coefficient (Wildman–Crippen LogP) is 3.31. The van der Waals surface area contributed by atoms with Crippen LogP contribution in [0.25, 0.3) is 10.9 Å². The first-order valence-corrected chi connectivity index (χ1v) is 13.1. The zero-order valence-electron chi connectivity index (χ0n) is 19.2. The summed E-state index contributed by atoms with van der Waals surface area (Å²) in [6.07, 6.45) is 5.43. The normalized spacial score (nSPS) is 22.9. The molecule has 0 bridgehead atoms. The van der Waals surface area contributed by atoms with Gasteiger partial charge in [0.1, 0.15) is 5.56 Å². The van der Waals surface area contributed by atoms with Gasteiger partial charge < -0.3 is 9.47 Å². The predicted molar refractivity (Wildman–Crippen MR) is 125 cm³/mol. The van der Waals surface area contributed by atoms with Crippen molar-refractivity contribution in [3.05, 3.63) is 40.2 Å². The Balaban J connectivity index is 1.79. The molecule has 2 unspecified atom stereocenters. The van der Waals surface area contributed by atoms with Crippen molar-refractivity contribution < 1.29 is 13.2 Å². The number of aryl methyl sites for hydroxylation is 1. The van der Waals surface area contributed by atoms with Gasteiger partial charge in [-0.1, -0.05) is 20.3 Å². The fourth-order valence-electron chi connectivity index (χ4n) is 5.20. The van der Waals surface area contributed by atoms with Crippen LogP contribution < -0.4 is 5.43 Å². The number of pyridine rings is 1. The first-order chi connectivity index (χ1) is 15.2. The number of benzene rings is 1. The molecule has 1 amide bonds. The van der Waals surface area contributed by atoms with Crippen molar-refractivity contribution >= 4 is 26.8 Å². The first-order valence-electron chi connectivity index (χ1n) is 11.7. The molecule has 7 nitrogen and oxygen atoms in total. The topological polar surface area (TPSA) is 79.7 Å². The lowest BCUT2D eigenvalue weighted by Crippen LogP contribution is -2.44. The molecule has 2 fully saturated rings. The summed E-state index contributed by atoms with van der Waals surface area (Å²) in [5.74, 6) is 0.512. The quantitative estimate of drug-likeness (QED) is 0.703. The summed E-state index contributed by atoms with van der Waals surface area (Å²) >= 11 is 0. The number of carbonyl (C=O) groups is 1. The monoisotopic (exact) mass is 459 g/mol. The summed E-state index contributed by atoms with van der Waals surface area (Å²) in [4.78, 5) is 28.7. The van der Waals surface area contributed by atoms with Crippen LogP contribution in [0.2, 0.25) is 0 Å². The fraction of sp³-hybridized carbons (Fsp3) is 0.583. The molecule has 8 heteroatoms. The molecule has 0 N–H and O–H groups in total. The molecule has 1 aromatic carbocycles. The van der Waals surface area contributed by atoms with Crippen LogP contribution in [0.4, 0.5) is 0 Å². The molecule has 2 aromatic rings. The van der Waals surface area contributed by atoms with Gasteiger partial charge in [0, 0.05) is 44.3 Å². The number of piperidine rings is 2. The van der Waals surface area contributed by atoms with Crippen LogP contribution in [0.1, 0.15) is 56.8 Å². The van der Waals surface area contributed by atoms with Crippen LogP contribution in [0.3, 0.4) is 0 Å². The third-order valence-corrected chi connectivity index (χ3v) is 8.63. The molecule has 4 rings (SSSR count). The van der Waals surface area contributed by atoms with Crippen LogP contribution in [0.15, 0.2) is 34.1 Å². The van der Waals surface area contributed by atoms with E-state index in [0.717, 1.165) is 25.7 Å². The highest BCUT2D eigenvalue weighted by atomic mass is 32.2. The molecule has 1 aromatic heterocycles. The van der Waals surface area contributed by atoms with Crippen molar-refractivity contribution in [3.63, 3.8) is 0 Å². The highest BCUT2D eigenvalue weighted by Gasteiger charge is 2.30. The Labute approximate surface area is 190 Å². The third kappa shape index (κ3) is 4.22. The summed E-state index contributed by atoms with van der Waals surface area (Å²) in [6.45, 7) is 9.04. The number of fused-ring (bicyclic) bond motifs is 1. The van der Waals surface area contributed by atoms with E-state index < -0.39 is 15.5 Å². The number of sulfonamides is 1. The van der Waals surface area contributed by atoms with Crippen molar-refractivity contribution in [2.24, 2.45) is 11.8 Å². The summed E-state index contributed by atoms with van der Waals surface area (Å²) in [5.41, 5.74) is 0.372. The summed E-state index contributed by atoms with van der Waals surface area (Å²) in [7, 11) is -3.67. The van der Waals surface area contributed by atoms with Crippen LogP contribution in [-0.2, 0) is 16.6 Å². The van der Waals surface area contributed by atoms with Gasteiger partial charge in [-0.3, -0.25) is 9.59 Å². The van der Waals surface area contributed by atoms with E-state index in [-0.39, 0.29) is 21.8 Å². The second-order valence-electron chi connectivity index (χ2n) is 9.46. The van der Waals surface area contributed by atoms with Crippen molar-refractivity contribution in [1.82, 2.24) is 13.8 Å². The Morgan fingerprint density at radius 3 is 2.34 bits per heavy atom. The number of amides is 1. The van der Waals surface area contributed by atoms with Gasteiger partial charge in [-0.15, -0.1) is 0 Å². The van der Waals surface area contributed by atoms with Gasteiger partial charge in [-0.25, -0.2) is 8.42 Å². The molecule has 32 heavy (non-hydrogen) atoms. The van der Waals surface area contributed by atoms with E-state index in [1.807, 2.05) is 11.5 Å². The summed E-state index contributed by atoms with van der Waals surface area (Å²) in [5, 5.41) is 0.286. The maximum absolute atomic E-state index is 13.4. The van der Waals surface area contributed by atoms with Crippen LogP contribution in [0.5, 0.6) is 0 Å². The standard InChI is InChI=1S/C24H33N3O4S/c1-4-25-16-21(24(29)26-14-17(2)12-18(3)15-26)23(28)20-13-19(8-9-22(20)25)32(30,31)27-10-6-5-7-11-27/h8-9,13,16-18H,4-7,10-12,14-15H2,1-3H3. The van der Waals surface area contributed by atoms with Gasteiger partial charge >= 0.3 is 0 Å². The Bertz CT molecular complexity index is 1170. The van der Waals surface area contributed by atoms with Gasteiger partial charge in [0.05, 0.1) is 10.4 Å². The lowest BCUT2D eigenvalue weighted by atomic mass is 9.91. The van der Waals surface area contributed by atoms with Gasteiger partial charge in [0.15, 0.2) is 0 Å². The van der Waals surface area contributed by atoms with Gasteiger partial charge in [-0.05, 0) is 56.2 Å². The average molecular weight is 460 g/mol. The molecule has 0 spiro atoms. The molecule has 3 heterocycles. The van der Waals surface area contributed by atoms with Crippen molar-refractivity contribution in [3.8, 4) is 0 Å². The van der Waals surface area contributed by atoms with Crippen molar-refractivity contribution in [1.29, 1.82) is 0 Å². The molecule has 2 aliphatic heterocycles. The van der Waals surface area contributed by atoms with Gasteiger partial charge in [0.2, 0.25) is 15.5 Å². The lowest BCUT2D eigenvalue weighted by molar-refractivity contribution is 0.0621. The summed E-state index contributed by atoms with van der Waals surface area (Å²) < 4.78 is 29.7. The minimum Gasteiger partial charge on any atom is -0.347 e. The Morgan fingerprint density at radius 2 is 1.72 bits per heavy atom. The number of hydrogen-bond donors (Lipinski definition) is 0. The van der Waals surface area contributed by atoms with Gasteiger partial charge in [0.25, 0.3) is 5.91 Å². The first kappa shape index (κ1) is 23.0. The molecular weight excluding hydrogens is 426 g/mol. The minimum absolute atomic E-state index is 0.119. The zero-order chi connectivity index (χ0) is 23.0. The third-order valence-electron chi connectivity index (χ3n) is 6.73. The van der Waals surface area contributed by atoms with E-state index in [9.17, 15) is 18.0 Å². The molecule has 2 saturated heterocycles. The number of carbonyl (C=O) groups excluding carboxylic acids is 1. The Hall–Kier alpha value is -2.19. The maximum Gasteiger partial charge on any atom is 0.259 e. The van der Waals surface area contributed by atoms with Gasteiger partial charge in [-0.2, -0.15) is 4.31 Å². The second-order valence-corrected chi connectivity index (χ2v) is 11.4. The zero-order valence-corrected chi connectivity index (χ0v) is 20.0. The summed E-state index contributed by atoms with van der Waals surface area (Å²) in [6, 6.07) is 4.73. The average Bonchev–Trinajstić information content (AvgIpc) is 2.78. The molecule has 2 aliphatic rings. The van der Waals surface area contributed by atoms with E-state index in [4.69, 9.17) is 0 Å². The van der Waals surface area contributed by atoms with E-state index >= 15 is 0 Å². The van der Waals surface area contributed by atoms with Crippen LogP contribution in [-0.4, -0.2) is 54.3 Å². The smallest absolute Gasteiger partial charge is 0.259 e. The molecule has 0 saturated carbocycles. The van der Waals surface area contributed by atoms with Crippen molar-refractivity contribution in [2.75, 3.05) is 26.2 Å². The van der Waals surface area contributed by atoms with Crippen LogP contribution >= 0.6 is 0 Å². The Morgan fingerprint density at radius 1 is 1.06 bits per heavy atom. The molecule has 0 radical (unpaired) electrons. The van der Waals surface area contributed by atoms with Crippen molar-refractivity contribution in [2.45, 2.75) is 57.9 Å². The van der Waals surface area contributed by atoms with E-state index in [1.54, 1.807) is 23.2 Å². The Kier molecular flexibility index (Phi) is 6.45. The molecular formula is C24H33N3O4S. The highest BCUT2D eigenvalue weighted by molar-refractivity contribution is 7.89. The SMILES string of the molecule is CCn1cc(C(=O)N2CC(C)CC(C)C2)c(=O)c2cc(S(=O)(=O)N3CCCCC3)ccc21. The van der Waals surface area contributed by atoms with Crippen LogP contribution in [0, 0.1) is 11.8 Å². The molecule has 0 aliphatic carbocycles. The minimum atomic E-state index is -3.67. The number of nitrogens with zero attached hydrogens (tertiary/aromatic N) is 3. The number of rotatable bonds is 4. The van der Waals surface area contributed by atoms with E-state index in [0.29, 0.717) is 50.1 Å². The fourth-order valence-corrected chi connectivity index (χ4v) is 6.75.